The van der Waals surface area contributed by atoms with E-state index in [0.29, 0.717) is 23.9 Å². The number of rotatable bonds is 3. The molecule has 0 saturated carbocycles. The molecule has 4 heteroatoms. The van der Waals surface area contributed by atoms with Crippen molar-refractivity contribution >= 4 is 17.5 Å². The average molecular weight is 267 g/mol. The molecule has 2 rings (SSSR count). The predicted molar refractivity (Wildman–Crippen MR) is 73.5 cm³/mol. The van der Waals surface area contributed by atoms with Crippen LogP contribution in [0, 0.1) is 5.92 Å². The fourth-order valence-corrected chi connectivity index (χ4v) is 2.77. The van der Waals surface area contributed by atoms with E-state index in [1.165, 1.54) is 0 Å². The van der Waals surface area contributed by atoms with Crippen molar-refractivity contribution in [2.45, 2.75) is 25.8 Å². The first-order chi connectivity index (χ1) is 8.61. The predicted octanol–water partition coefficient (Wildman–Crippen LogP) is 2.08. The second-order valence-electron chi connectivity index (χ2n) is 5.00. The second-order valence-corrected chi connectivity index (χ2v) is 5.41. The van der Waals surface area contributed by atoms with Crippen molar-refractivity contribution in [2.24, 2.45) is 11.7 Å². The van der Waals surface area contributed by atoms with Crippen LogP contribution in [0.15, 0.2) is 24.3 Å². The summed E-state index contributed by atoms with van der Waals surface area (Å²) >= 11 is 6.08. The number of likely N-dealkylation sites (tertiary alicyclic amines) is 1. The van der Waals surface area contributed by atoms with E-state index < -0.39 is 0 Å². The average Bonchev–Trinajstić information content (AvgIpc) is 2.73. The van der Waals surface area contributed by atoms with Gasteiger partial charge in [0.05, 0.1) is 6.42 Å². The number of halogens is 1. The molecule has 0 aliphatic carbocycles. The van der Waals surface area contributed by atoms with Gasteiger partial charge < -0.3 is 10.6 Å². The van der Waals surface area contributed by atoms with E-state index in [1.54, 1.807) is 0 Å². The molecule has 18 heavy (non-hydrogen) atoms. The smallest absolute Gasteiger partial charge is 0.227 e. The molecule has 0 spiro atoms. The Morgan fingerprint density at radius 2 is 2.22 bits per heavy atom. The number of carbonyl (C=O) groups excluding carboxylic acids is 1. The van der Waals surface area contributed by atoms with Crippen molar-refractivity contribution < 1.29 is 4.79 Å². The minimum Gasteiger partial charge on any atom is -0.339 e. The van der Waals surface area contributed by atoms with E-state index in [4.69, 9.17) is 17.3 Å². The summed E-state index contributed by atoms with van der Waals surface area (Å²) in [4.78, 5) is 14.2. The molecule has 0 radical (unpaired) electrons. The Kier molecular flexibility index (Phi) is 4.25. The molecule has 0 aromatic heterocycles. The van der Waals surface area contributed by atoms with Crippen LogP contribution in [-0.2, 0) is 11.2 Å². The molecule has 1 aliphatic heterocycles. The highest BCUT2D eigenvalue weighted by atomic mass is 35.5. The number of nitrogens with two attached hydrogens (primary N) is 1. The summed E-state index contributed by atoms with van der Waals surface area (Å²) in [7, 11) is 0. The first-order valence-corrected chi connectivity index (χ1v) is 6.72. The zero-order valence-electron chi connectivity index (χ0n) is 10.6. The topological polar surface area (TPSA) is 46.3 Å². The van der Waals surface area contributed by atoms with Crippen LogP contribution in [0.3, 0.4) is 0 Å². The fourth-order valence-electron chi connectivity index (χ4n) is 2.57. The Balaban J connectivity index is 2.03. The van der Waals surface area contributed by atoms with Crippen LogP contribution in [0.1, 0.15) is 18.9 Å². The molecule has 3 nitrogen and oxygen atoms in total. The zero-order valence-corrected chi connectivity index (χ0v) is 11.4. The summed E-state index contributed by atoms with van der Waals surface area (Å²) in [6.45, 7) is 3.52. The fraction of sp³-hybridized carbons (Fsp3) is 0.500. The summed E-state index contributed by atoms with van der Waals surface area (Å²) in [5.74, 6) is 0.585. The molecule has 1 fully saturated rings. The summed E-state index contributed by atoms with van der Waals surface area (Å²) < 4.78 is 0. The molecule has 1 saturated heterocycles. The Morgan fingerprint density at radius 3 is 2.83 bits per heavy atom. The number of amides is 1. The summed E-state index contributed by atoms with van der Waals surface area (Å²) in [5, 5.41) is 0.660. The molecule has 1 heterocycles. The maximum Gasteiger partial charge on any atom is 0.227 e. The number of nitrogens with zero attached hydrogens (tertiary/aromatic N) is 1. The molecule has 2 unspecified atom stereocenters. The van der Waals surface area contributed by atoms with Crippen molar-refractivity contribution in [3.63, 3.8) is 0 Å². The van der Waals surface area contributed by atoms with Gasteiger partial charge in [0.1, 0.15) is 0 Å². The van der Waals surface area contributed by atoms with E-state index in [-0.39, 0.29) is 11.9 Å². The molecular formula is C14H19ClN2O. The maximum atomic E-state index is 12.3. The molecule has 98 valence electrons. The quantitative estimate of drug-likeness (QED) is 0.911. The molecule has 1 aliphatic rings. The lowest BCUT2D eigenvalue weighted by molar-refractivity contribution is -0.131. The van der Waals surface area contributed by atoms with E-state index in [1.807, 2.05) is 29.2 Å². The van der Waals surface area contributed by atoms with Crippen LogP contribution in [0.4, 0.5) is 0 Å². The van der Waals surface area contributed by atoms with Gasteiger partial charge in [0, 0.05) is 17.6 Å². The first kappa shape index (κ1) is 13.4. The van der Waals surface area contributed by atoms with E-state index in [9.17, 15) is 4.79 Å². The monoisotopic (exact) mass is 266 g/mol. The maximum absolute atomic E-state index is 12.3. The summed E-state index contributed by atoms with van der Waals surface area (Å²) in [6.07, 6.45) is 1.38. The van der Waals surface area contributed by atoms with Gasteiger partial charge in [-0.3, -0.25) is 4.79 Å². The van der Waals surface area contributed by atoms with Crippen LogP contribution in [0.5, 0.6) is 0 Å². The molecule has 0 bridgehead atoms. The van der Waals surface area contributed by atoms with Gasteiger partial charge in [-0.1, -0.05) is 29.8 Å². The lowest BCUT2D eigenvalue weighted by Crippen LogP contribution is -2.35. The minimum atomic E-state index is 0.145. The summed E-state index contributed by atoms with van der Waals surface area (Å²) in [5.41, 5.74) is 6.57. The third kappa shape index (κ3) is 2.85. The molecular weight excluding hydrogens is 248 g/mol. The highest BCUT2D eigenvalue weighted by molar-refractivity contribution is 6.31. The molecule has 1 aromatic rings. The van der Waals surface area contributed by atoms with Gasteiger partial charge in [-0.15, -0.1) is 0 Å². The van der Waals surface area contributed by atoms with Crippen molar-refractivity contribution in [1.82, 2.24) is 4.90 Å². The first-order valence-electron chi connectivity index (χ1n) is 6.34. The molecule has 1 amide bonds. The summed E-state index contributed by atoms with van der Waals surface area (Å²) in [6, 6.07) is 7.79. The van der Waals surface area contributed by atoms with Crippen LogP contribution in [0.25, 0.3) is 0 Å². The lowest BCUT2D eigenvalue weighted by atomic mass is 10.1. The third-order valence-electron chi connectivity index (χ3n) is 3.61. The minimum absolute atomic E-state index is 0.145. The normalized spacial score (nSPS) is 23.4. The number of carbonyl (C=O) groups is 1. The van der Waals surface area contributed by atoms with Crippen LogP contribution < -0.4 is 5.73 Å². The van der Waals surface area contributed by atoms with Crippen molar-refractivity contribution in [3.8, 4) is 0 Å². The van der Waals surface area contributed by atoms with E-state index >= 15 is 0 Å². The van der Waals surface area contributed by atoms with E-state index in [2.05, 4.69) is 6.92 Å². The Morgan fingerprint density at radius 1 is 1.50 bits per heavy atom. The largest absolute Gasteiger partial charge is 0.339 e. The van der Waals surface area contributed by atoms with Crippen LogP contribution in [-0.4, -0.2) is 29.9 Å². The number of hydrogen-bond acceptors (Lipinski definition) is 2. The molecule has 2 N–H and O–H groups in total. The zero-order chi connectivity index (χ0) is 13.1. The van der Waals surface area contributed by atoms with Gasteiger partial charge in [0.2, 0.25) is 5.91 Å². The number of hydrogen-bond donors (Lipinski definition) is 1. The van der Waals surface area contributed by atoms with Gasteiger partial charge in [-0.2, -0.15) is 0 Å². The highest BCUT2D eigenvalue weighted by Gasteiger charge is 2.31. The van der Waals surface area contributed by atoms with Gasteiger partial charge in [0.25, 0.3) is 0 Å². The number of benzene rings is 1. The van der Waals surface area contributed by atoms with Crippen LogP contribution >= 0.6 is 11.6 Å². The molecule has 1 aromatic carbocycles. The lowest BCUT2D eigenvalue weighted by Gasteiger charge is -2.21. The Bertz CT molecular complexity index is 436. The second kappa shape index (κ2) is 5.72. The van der Waals surface area contributed by atoms with Crippen molar-refractivity contribution in [1.29, 1.82) is 0 Å². The highest BCUT2D eigenvalue weighted by Crippen LogP contribution is 2.24. The van der Waals surface area contributed by atoms with Crippen molar-refractivity contribution in [2.75, 3.05) is 13.1 Å². The van der Waals surface area contributed by atoms with Crippen LogP contribution in [0.2, 0.25) is 5.02 Å². The SMILES string of the molecule is CC1CC(CN)CN1C(=O)Cc1ccccc1Cl. The van der Waals surface area contributed by atoms with E-state index in [0.717, 1.165) is 18.5 Å². The van der Waals surface area contributed by atoms with Gasteiger partial charge in [-0.25, -0.2) is 0 Å². The van der Waals surface area contributed by atoms with Gasteiger partial charge in [0.15, 0.2) is 0 Å². The van der Waals surface area contributed by atoms with Gasteiger partial charge >= 0.3 is 0 Å². The standard InChI is InChI=1S/C14H19ClN2O/c1-10-6-11(8-16)9-17(10)14(18)7-12-4-2-3-5-13(12)15/h2-5,10-11H,6-9,16H2,1H3. The Hall–Kier alpha value is -1.06. The molecule has 2 atom stereocenters. The van der Waals surface area contributed by atoms with Crippen molar-refractivity contribution in [3.05, 3.63) is 34.9 Å². The van der Waals surface area contributed by atoms with Gasteiger partial charge in [-0.05, 0) is 37.4 Å². The Labute approximate surface area is 113 Å². The third-order valence-corrected chi connectivity index (χ3v) is 3.98.